The topological polar surface area (TPSA) is 141 Å². The molecule has 2 aromatic carbocycles. The molecule has 1 amide bonds. The summed E-state index contributed by atoms with van der Waals surface area (Å²) in [6, 6.07) is 22.0. The molecule has 0 fully saturated rings. The maximum Gasteiger partial charge on any atom is 0.274 e. The maximum absolute atomic E-state index is 13.1. The van der Waals surface area contributed by atoms with E-state index < -0.39 is 15.7 Å². The first-order valence-electron chi connectivity index (χ1n) is 11.3. The summed E-state index contributed by atoms with van der Waals surface area (Å²) in [7, 11) is -3.36. The molecular formula is C27H22N6O3S. The van der Waals surface area contributed by atoms with Gasteiger partial charge in [-0.25, -0.2) is 18.4 Å². The molecule has 5 aromatic rings. The molecule has 3 heterocycles. The Labute approximate surface area is 213 Å². The maximum atomic E-state index is 13.1. The van der Waals surface area contributed by atoms with Crippen LogP contribution in [0.15, 0.2) is 90.1 Å². The summed E-state index contributed by atoms with van der Waals surface area (Å²) >= 11 is 0. The van der Waals surface area contributed by atoms with Gasteiger partial charge in [0.25, 0.3) is 5.91 Å². The van der Waals surface area contributed by atoms with Crippen molar-refractivity contribution in [3.63, 3.8) is 0 Å². The number of amides is 1. The van der Waals surface area contributed by atoms with Crippen molar-refractivity contribution < 1.29 is 13.2 Å². The van der Waals surface area contributed by atoms with Crippen LogP contribution >= 0.6 is 0 Å². The lowest BCUT2D eigenvalue weighted by molar-refractivity contribution is 0.0946. The molecule has 3 N–H and O–H groups in total. The molecule has 0 spiro atoms. The summed E-state index contributed by atoms with van der Waals surface area (Å²) < 4.78 is 23.3. The van der Waals surface area contributed by atoms with Crippen molar-refractivity contribution in [2.75, 3.05) is 12.0 Å². The van der Waals surface area contributed by atoms with Gasteiger partial charge in [-0.1, -0.05) is 42.5 Å². The van der Waals surface area contributed by atoms with Crippen LogP contribution in [0.1, 0.15) is 16.2 Å². The third-order valence-electron chi connectivity index (χ3n) is 5.72. The molecule has 0 aliphatic heterocycles. The standard InChI is InChI=1S/C27H22N6O3S/c1-37(35,36)21-11-10-20(30-16-21)15-31-27(34)25-26(28)33-23(17-6-3-2-4-7-17)24(32-25)19-9-12-22-18(14-19)8-5-13-29-22/h2-14,16H,15H2,1H3,(H2,28,33)(H,31,34). The zero-order valence-corrected chi connectivity index (χ0v) is 20.6. The quantitative estimate of drug-likeness (QED) is 0.353. The SMILES string of the molecule is CS(=O)(=O)c1ccc(CNC(=O)c2nc(-c3ccc4ncccc4c3)c(-c3ccccc3)nc2N)nc1. The van der Waals surface area contributed by atoms with Crippen molar-refractivity contribution in [1.29, 1.82) is 0 Å². The fraction of sp³-hybridized carbons (Fsp3) is 0.0741. The first-order valence-corrected chi connectivity index (χ1v) is 13.2. The zero-order valence-electron chi connectivity index (χ0n) is 19.8. The number of fused-ring (bicyclic) bond motifs is 1. The van der Waals surface area contributed by atoms with Gasteiger partial charge in [0.1, 0.15) is 0 Å². The van der Waals surface area contributed by atoms with Crippen molar-refractivity contribution in [3.05, 3.63) is 96.6 Å². The summed E-state index contributed by atoms with van der Waals surface area (Å²) in [5.74, 6) is -0.537. The van der Waals surface area contributed by atoms with Crippen molar-refractivity contribution in [3.8, 4) is 22.5 Å². The van der Waals surface area contributed by atoms with E-state index in [0.29, 0.717) is 17.1 Å². The van der Waals surface area contributed by atoms with Crippen LogP contribution in [-0.2, 0) is 16.4 Å². The van der Waals surface area contributed by atoms with Crippen LogP contribution in [0.25, 0.3) is 33.4 Å². The Bertz CT molecular complexity index is 1720. The predicted octanol–water partition coefficient (Wildman–Crippen LogP) is 3.67. The van der Waals surface area contributed by atoms with E-state index in [1.54, 1.807) is 12.3 Å². The predicted molar refractivity (Wildman–Crippen MR) is 141 cm³/mol. The minimum absolute atomic E-state index is 0.0112. The van der Waals surface area contributed by atoms with Gasteiger partial charge in [0.05, 0.1) is 34.0 Å². The number of nitrogens with one attached hydrogen (secondary N) is 1. The molecule has 184 valence electrons. The lowest BCUT2D eigenvalue weighted by Gasteiger charge is -2.13. The summed E-state index contributed by atoms with van der Waals surface area (Å²) in [5, 5.41) is 3.66. The largest absolute Gasteiger partial charge is 0.382 e. The molecule has 0 saturated heterocycles. The molecule has 9 nitrogen and oxygen atoms in total. The van der Waals surface area contributed by atoms with E-state index in [1.807, 2.05) is 60.7 Å². The van der Waals surface area contributed by atoms with E-state index in [1.165, 1.54) is 12.3 Å². The first kappa shape index (κ1) is 24.0. The molecule has 10 heteroatoms. The minimum Gasteiger partial charge on any atom is -0.382 e. The van der Waals surface area contributed by atoms with Gasteiger partial charge in [-0.05, 0) is 30.3 Å². The van der Waals surface area contributed by atoms with Gasteiger partial charge in [-0.2, -0.15) is 0 Å². The Kier molecular flexibility index (Phi) is 6.33. The molecule has 0 unspecified atom stereocenters. The van der Waals surface area contributed by atoms with Crippen molar-refractivity contribution in [2.24, 2.45) is 0 Å². The Morgan fingerprint density at radius 2 is 1.68 bits per heavy atom. The number of hydrogen-bond donors (Lipinski definition) is 2. The van der Waals surface area contributed by atoms with Gasteiger partial charge in [-0.3, -0.25) is 14.8 Å². The smallest absolute Gasteiger partial charge is 0.274 e. The number of pyridine rings is 2. The number of sulfone groups is 1. The summed E-state index contributed by atoms with van der Waals surface area (Å²) in [4.78, 5) is 30.9. The summed E-state index contributed by atoms with van der Waals surface area (Å²) in [6.07, 6.45) is 4.09. The second kappa shape index (κ2) is 9.75. The molecule has 3 aromatic heterocycles. The lowest BCUT2D eigenvalue weighted by atomic mass is 10.0. The Balaban J connectivity index is 1.51. The Hall–Kier alpha value is -4.70. The highest BCUT2D eigenvalue weighted by Crippen LogP contribution is 2.32. The highest BCUT2D eigenvalue weighted by atomic mass is 32.2. The number of rotatable bonds is 6. The van der Waals surface area contributed by atoms with E-state index in [9.17, 15) is 13.2 Å². The summed E-state index contributed by atoms with van der Waals surface area (Å²) in [5.41, 5.74) is 10.1. The van der Waals surface area contributed by atoms with Gasteiger partial charge in [-0.15, -0.1) is 0 Å². The van der Waals surface area contributed by atoms with E-state index in [0.717, 1.165) is 28.3 Å². The highest BCUT2D eigenvalue weighted by Gasteiger charge is 2.20. The summed E-state index contributed by atoms with van der Waals surface area (Å²) in [6.45, 7) is 0.0570. The average Bonchev–Trinajstić information content (AvgIpc) is 2.91. The van der Waals surface area contributed by atoms with Crippen LogP contribution in [0.4, 0.5) is 5.82 Å². The normalized spacial score (nSPS) is 11.4. The lowest BCUT2D eigenvalue weighted by Crippen LogP contribution is -2.26. The number of nitrogens with two attached hydrogens (primary N) is 1. The van der Waals surface area contributed by atoms with Gasteiger partial charge in [0.2, 0.25) is 0 Å². The van der Waals surface area contributed by atoms with E-state index in [-0.39, 0.29) is 23.0 Å². The van der Waals surface area contributed by atoms with Crippen LogP contribution in [0.3, 0.4) is 0 Å². The number of benzene rings is 2. The van der Waals surface area contributed by atoms with Crippen LogP contribution < -0.4 is 11.1 Å². The number of carbonyl (C=O) groups is 1. The molecule has 0 saturated carbocycles. The Morgan fingerprint density at radius 3 is 2.41 bits per heavy atom. The van der Waals surface area contributed by atoms with Crippen LogP contribution in [0.2, 0.25) is 0 Å². The number of anilines is 1. The van der Waals surface area contributed by atoms with Gasteiger partial charge in [0.15, 0.2) is 21.3 Å². The molecular weight excluding hydrogens is 488 g/mol. The van der Waals surface area contributed by atoms with E-state index in [4.69, 9.17) is 5.73 Å². The molecule has 5 rings (SSSR count). The molecule has 0 radical (unpaired) electrons. The van der Waals surface area contributed by atoms with Crippen molar-refractivity contribution in [2.45, 2.75) is 11.4 Å². The fourth-order valence-electron chi connectivity index (χ4n) is 3.83. The highest BCUT2D eigenvalue weighted by molar-refractivity contribution is 7.90. The zero-order chi connectivity index (χ0) is 26.0. The number of nitrogen functional groups attached to an aromatic ring is 1. The fourth-order valence-corrected chi connectivity index (χ4v) is 4.39. The molecule has 0 aliphatic carbocycles. The van der Waals surface area contributed by atoms with Gasteiger partial charge in [0, 0.05) is 35.2 Å². The van der Waals surface area contributed by atoms with E-state index >= 15 is 0 Å². The third kappa shape index (κ3) is 5.14. The van der Waals surface area contributed by atoms with Crippen molar-refractivity contribution >= 4 is 32.5 Å². The van der Waals surface area contributed by atoms with Crippen LogP contribution in [-0.4, -0.2) is 40.5 Å². The number of hydrogen-bond acceptors (Lipinski definition) is 8. The van der Waals surface area contributed by atoms with Crippen molar-refractivity contribution in [1.82, 2.24) is 25.3 Å². The number of nitrogens with zero attached hydrogens (tertiary/aromatic N) is 4. The third-order valence-corrected chi connectivity index (χ3v) is 6.82. The van der Waals surface area contributed by atoms with Crippen LogP contribution in [0, 0.1) is 0 Å². The second-order valence-corrected chi connectivity index (χ2v) is 10.4. The van der Waals surface area contributed by atoms with Gasteiger partial charge >= 0.3 is 0 Å². The molecule has 0 atom stereocenters. The monoisotopic (exact) mass is 510 g/mol. The number of carbonyl (C=O) groups excluding carboxylic acids is 1. The van der Waals surface area contributed by atoms with Crippen LogP contribution in [0.5, 0.6) is 0 Å². The molecule has 0 aliphatic rings. The van der Waals surface area contributed by atoms with Gasteiger partial charge < -0.3 is 11.1 Å². The average molecular weight is 511 g/mol. The first-order chi connectivity index (χ1) is 17.8. The second-order valence-electron chi connectivity index (χ2n) is 8.37. The minimum atomic E-state index is -3.36. The Morgan fingerprint density at radius 1 is 0.892 bits per heavy atom. The molecule has 0 bridgehead atoms. The molecule has 37 heavy (non-hydrogen) atoms. The van der Waals surface area contributed by atoms with E-state index in [2.05, 4.69) is 25.3 Å². The number of aromatic nitrogens is 4.